The van der Waals surface area contributed by atoms with Crippen molar-refractivity contribution < 1.29 is 50.0 Å². The molecule has 9 atom stereocenters. The average Bonchev–Trinajstić information content (AvgIpc) is 3.43. The maximum absolute atomic E-state index is 13.2. The molecule has 1 aliphatic heterocycles. The van der Waals surface area contributed by atoms with E-state index in [9.17, 15) is 40.5 Å². The molecule has 0 aromatic carbocycles. The summed E-state index contributed by atoms with van der Waals surface area (Å²) in [7, 11) is 0. The van der Waals surface area contributed by atoms with Crippen LogP contribution in [0.15, 0.2) is 24.3 Å². The predicted octanol–water partition coefficient (Wildman–Crippen LogP) is 15.2. The number of aliphatic hydroxyl groups is 7. The maximum atomic E-state index is 13.2. The molecule has 0 saturated carbocycles. The Morgan fingerprint density at radius 3 is 1.16 bits per heavy atom. The Balaban J connectivity index is 2.19. The van der Waals surface area contributed by atoms with Crippen LogP contribution in [0.2, 0.25) is 0 Å². The molecule has 0 aromatic rings. The molecule has 0 radical (unpaired) electrons. The molecule has 1 heterocycles. The van der Waals surface area contributed by atoms with Crippen molar-refractivity contribution in [1.82, 2.24) is 5.32 Å². The third-order valence-electron chi connectivity index (χ3n) is 16.3. The molecular weight excluding hydrogens is 967 g/mol. The van der Waals surface area contributed by atoms with Crippen LogP contribution in [0.25, 0.3) is 0 Å². The average molecular weight is 1090 g/mol. The number of carbonyl (C=O) groups excluding carboxylic acids is 1. The lowest BCUT2D eigenvalue weighted by atomic mass is 9.98. The third kappa shape index (κ3) is 43.0. The van der Waals surface area contributed by atoms with Crippen molar-refractivity contribution in [1.29, 1.82) is 0 Å². The molecule has 456 valence electrons. The fraction of sp³-hybridized carbons (Fsp3) is 0.924. The van der Waals surface area contributed by atoms with Gasteiger partial charge >= 0.3 is 0 Å². The smallest absolute Gasteiger partial charge is 0.249 e. The van der Waals surface area contributed by atoms with Gasteiger partial charge in [-0.15, -0.1) is 0 Å². The van der Waals surface area contributed by atoms with Crippen LogP contribution >= 0.6 is 0 Å². The van der Waals surface area contributed by atoms with Crippen LogP contribution in [-0.2, 0) is 14.3 Å². The lowest BCUT2D eigenvalue weighted by Crippen LogP contribution is -2.60. The van der Waals surface area contributed by atoms with Crippen molar-refractivity contribution in [2.24, 2.45) is 0 Å². The number of rotatable bonds is 58. The number of amides is 1. The second-order valence-corrected chi connectivity index (χ2v) is 23.6. The van der Waals surface area contributed by atoms with Gasteiger partial charge in [0, 0.05) is 0 Å². The summed E-state index contributed by atoms with van der Waals surface area (Å²) in [4.78, 5) is 13.2. The van der Waals surface area contributed by atoms with E-state index in [1.54, 1.807) is 0 Å². The summed E-state index contributed by atoms with van der Waals surface area (Å²) in [5, 5.41) is 76.4. The lowest BCUT2D eigenvalue weighted by Gasteiger charge is -2.40. The molecule has 1 amide bonds. The second kappa shape index (κ2) is 55.1. The van der Waals surface area contributed by atoms with Crippen LogP contribution in [-0.4, -0.2) is 110 Å². The zero-order valence-electron chi connectivity index (χ0n) is 50.2. The first-order chi connectivity index (χ1) is 37.7. The van der Waals surface area contributed by atoms with Gasteiger partial charge < -0.3 is 50.5 Å². The highest BCUT2D eigenvalue weighted by Gasteiger charge is 2.44. The highest BCUT2D eigenvalue weighted by atomic mass is 16.7. The van der Waals surface area contributed by atoms with Gasteiger partial charge in [0.2, 0.25) is 5.91 Å². The van der Waals surface area contributed by atoms with E-state index >= 15 is 0 Å². The van der Waals surface area contributed by atoms with E-state index in [-0.39, 0.29) is 6.42 Å². The molecule has 0 aliphatic carbocycles. The van der Waals surface area contributed by atoms with Crippen LogP contribution in [0.5, 0.6) is 0 Å². The molecule has 0 bridgehead atoms. The highest BCUT2D eigenvalue weighted by molar-refractivity contribution is 5.80. The number of ether oxygens (including phenoxy) is 2. The van der Waals surface area contributed by atoms with Crippen LogP contribution in [0.4, 0.5) is 0 Å². The van der Waals surface area contributed by atoms with Crippen molar-refractivity contribution in [2.75, 3.05) is 13.2 Å². The zero-order chi connectivity index (χ0) is 56.1. The molecule has 77 heavy (non-hydrogen) atoms. The Hall–Kier alpha value is -1.41. The lowest BCUT2D eigenvalue weighted by molar-refractivity contribution is -0.303. The van der Waals surface area contributed by atoms with E-state index < -0.39 is 74.2 Å². The van der Waals surface area contributed by atoms with Gasteiger partial charge in [0.25, 0.3) is 0 Å². The van der Waals surface area contributed by atoms with E-state index in [1.807, 2.05) is 0 Å². The van der Waals surface area contributed by atoms with Gasteiger partial charge in [0.1, 0.15) is 36.6 Å². The van der Waals surface area contributed by atoms with Gasteiger partial charge in [0.15, 0.2) is 6.29 Å². The summed E-state index contributed by atoms with van der Waals surface area (Å²) in [6.07, 6.45) is 56.8. The summed E-state index contributed by atoms with van der Waals surface area (Å²) in [5.41, 5.74) is 0. The normalized spacial score (nSPS) is 19.6. The van der Waals surface area contributed by atoms with E-state index in [1.165, 1.54) is 238 Å². The summed E-state index contributed by atoms with van der Waals surface area (Å²) < 4.78 is 11.2. The van der Waals surface area contributed by atoms with E-state index in [0.29, 0.717) is 19.3 Å². The molecule has 8 N–H and O–H groups in total. The molecule has 1 aliphatic rings. The van der Waals surface area contributed by atoms with Crippen LogP contribution in [0, 0.1) is 0 Å². The first-order valence-corrected chi connectivity index (χ1v) is 33.3. The number of allylic oxidation sites excluding steroid dienone is 4. The van der Waals surface area contributed by atoms with Crippen LogP contribution < -0.4 is 5.32 Å². The Labute approximate surface area is 474 Å². The molecule has 1 saturated heterocycles. The van der Waals surface area contributed by atoms with Gasteiger partial charge in [-0.05, 0) is 38.5 Å². The quantitative estimate of drug-likeness (QED) is 0.0215. The summed E-state index contributed by atoms with van der Waals surface area (Å²) in [5.74, 6) is -0.697. The van der Waals surface area contributed by atoms with Gasteiger partial charge in [0.05, 0.1) is 25.4 Å². The minimum absolute atomic E-state index is 0.256. The van der Waals surface area contributed by atoms with Crippen LogP contribution in [0.1, 0.15) is 322 Å². The van der Waals surface area contributed by atoms with E-state index in [0.717, 1.165) is 44.9 Å². The number of unbranched alkanes of at least 4 members (excludes halogenated alkanes) is 43. The standard InChI is InChI=1S/C66H127NO10/c1-3-5-7-9-11-13-15-17-19-21-23-24-25-26-27-28-29-30-31-32-33-34-35-36-38-39-41-43-45-47-49-51-53-58(69)61(71)57(56-76-66-64(74)63(73)62(72)60(55-68)77-66)67-65(75)59(70)54-52-50-48-46-44-42-40-37-22-20-18-16-14-12-10-8-6-4-2/h12,14,16,18,57-64,66,68-74H,3-11,13,15,17,19-56H2,1-2H3,(H,67,75)/b14-12-,18-16-. The molecule has 11 nitrogen and oxygen atoms in total. The Morgan fingerprint density at radius 1 is 0.455 bits per heavy atom. The molecule has 9 unspecified atom stereocenters. The molecule has 0 aromatic heterocycles. The second-order valence-electron chi connectivity index (χ2n) is 23.6. The Morgan fingerprint density at radius 2 is 0.779 bits per heavy atom. The van der Waals surface area contributed by atoms with E-state index in [2.05, 4.69) is 43.5 Å². The molecule has 0 spiro atoms. The number of nitrogens with one attached hydrogen (secondary N) is 1. The largest absolute Gasteiger partial charge is 0.394 e. The SMILES string of the molecule is CCCCC/C=C\C=C/CCCCCCCCCCCC(O)C(=O)NC(COC1OC(CO)C(O)C(O)C1O)C(O)C(O)CCCCCCCCCCCCCCCCCCCCCCCCCCCCCCCCCC. The van der Waals surface area contributed by atoms with Gasteiger partial charge in [-0.25, -0.2) is 0 Å². The number of aliphatic hydroxyl groups excluding tert-OH is 7. The topological polar surface area (TPSA) is 189 Å². The van der Waals surface area contributed by atoms with Gasteiger partial charge in [-0.3, -0.25) is 4.79 Å². The summed E-state index contributed by atoms with van der Waals surface area (Å²) in [6, 6.07) is -1.17. The molecular formula is C66H127NO10. The first-order valence-electron chi connectivity index (χ1n) is 33.3. The van der Waals surface area contributed by atoms with Gasteiger partial charge in [-0.1, -0.05) is 308 Å². The zero-order valence-corrected chi connectivity index (χ0v) is 50.2. The van der Waals surface area contributed by atoms with Crippen molar-refractivity contribution in [3.8, 4) is 0 Å². The fourth-order valence-corrected chi connectivity index (χ4v) is 10.9. The van der Waals surface area contributed by atoms with Crippen molar-refractivity contribution in [2.45, 2.75) is 377 Å². The Kier molecular flexibility index (Phi) is 52.7. The number of hydrogen-bond donors (Lipinski definition) is 8. The Bertz CT molecular complexity index is 1300. The molecule has 1 fully saturated rings. The highest BCUT2D eigenvalue weighted by Crippen LogP contribution is 2.24. The third-order valence-corrected chi connectivity index (χ3v) is 16.3. The fourth-order valence-electron chi connectivity index (χ4n) is 10.9. The first kappa shape index (κ1) is 73.6. The minimum Gasteiger partial charge on any atom is -0.394 e. The van der Waals surface area contributed by atoms with Gasteiger partial charge in [-0.2, -0.15) is 0 Å². The summed E-state index contributed by atoms with van der Waals surface area (Å²) >= 11 is 0. The maximum Gasteiger partial charge on any atom is 0.249 e. The minimum atomic E-state index is -1.66. The van der Waals surface area contributed by atoms with E-state index in [4.69, 9.17) is 9.47 Å². The van der Waals surface area contributed by atoms with Crippen molar-refractivity contribution >= 4 is 5.91 Å². The van der Waals surface area contributed by atoms with Crippen molar-refractivity contribution in [3.63, 3.8) is 0 Å². The summed E-state index contributed by atoms with van der Waals surface area (Å²) in [6.45, 7) is 3.47. The van der Waals surface area contributed by atoms with Crippen LogP contribution in [0.3, 0.4) is 0 Å². The van der Waals surface area contributed by atoms with Crippen molar-refractivity contribution in [3.05, 3.63) is 24.3 Å². The predicted molar refractivity (Wildman–Crippen MR) is 321 cm³/mol. The monoisotopic (exact) mass is 1090 g/mol. The molecule has 1 rings (SSSR count). The molecule has 11 heteroatoms. The number of carbonyl (C=O) groups is 1. The number of hydrogen-bond acceptors (Lipinski definition) is 10.